The molecule has 0 radical (unpaired) electrons. The molecule has 0 aliphatic heterocycles. The van der Waals surface area contributed by atoms with Gasteiger partial charge in [-0.25, -0.2) is 0 Å². The number of rotatable bonds is 5. The Morgan fingerprint density at radius 2 is 1.67 bits per heavy atom. The van der Waals surface area contributed by atoms with Crippen molar-refractivity contribution < 1.29 is 4.79 Å². The van der Waals surface area contributed by atoms with E-state index >= 15 is 0 Å². The number of carbonyl (C=O) groups excluding carboxylic acids is 1. The standard InChI is InChI=1S/C16H16Cl2N2O/c1-2-9-19-12-4-6-13(7-5-12)20-16(21)11-3-8-14(17)15(18)10-11/h3-8,10,19H,2,9H2,1H3,(H,20,21). The lowest BCUT2D eigenvalue weighted by atomic mass is 10.2. The third kappa shape index (κ3) is 4.38. The van der Waals surface area contributed by atoms with Crippen LogP contribution in [0, 0.1) is 0 Å². The SMILES string of the molecule is CCCNc1ccc(NC(=O)c2ccc(Cl)c(Cl)c2)cc1. The highest BCUT2D eigenvalue weighted by Crippen LogP contribution is 2.23. The predicted octanol–water partition coefficient (Wildman–Crippen LogP) is 5.07. The van der Waals surface area contributed by atoms with E-state index in [1.807, 2.05) is 24.3 Å². The minimum Gasteiger partial charge on any atom is -0.385 e. The Morgan fingerprint density at radius 1 is 1.00 bits per heavy atom. The summed E-state index contributed by atoms with van der Waals surface area (Å²) in [5.74, 6) is -0.220. The van der Waals surface area contributed by atoms with E-state index in [0.29, 0.717) is 15.6 Å². The molecule has 0 aromatic heterocycles. The summed E-state index contributed by atoms with van der Waals surface area (Å²) < 4.78 is 0. The molecule has 2 aromatic rings. The van der Waals surface area contributed by atoms with Crippen LogP contribution in [0.2, 0.25) is 10.0 Å². The van der Waals surface area contributed by atoms with Crippen LogP contribution in [0.5, 0.6) is 0 Å². The Labute approximate surface area is 134 Å². The summed E-state index contributed by atoms with van der Waals surface area (Å²) >= 11 is 11.7. The second kappa shape index (κ2) is 7.34. The van der Waals surface area contributed by atoms with Crippen molar-refractivity contribution >= 4 is 40.5 Å². The Kier molecular flexibility index (Phi) is 5.48. The van der Waals surface area contributed by atoms with Gasteiger partial charge in [-0.2, -0.15) is 0 Å². The van der Waals surface area contributed by atoms with E-state index in [0.717, 1.165) is 24.3 Å². The fourth-order valence-electron chi connectivity index (χ4n) is 1.78. The fraction of sp³-hybridized carbons (Fsp3) is 0.188. The molecule has 2 N–H and O–H groups in total. The largest absolute Gasteiger partial charge is 0.385 e. The van der Waals surface area contributed by atoms with Crippen molar-refractivity contribution in [1.82, 2.24) is 0 Å². The summed E-state index contributed by atoms with van der Waals surface area (Å²) in [5.41, 5.74) is 2.23. The molecule has 0 unspecified atom stereocenters. The van der Waals surface area contributed by atoms with Gasteiger partial charge in [0.1, 0.15) is 0 Å². The molecule has 0 aliphatic rings. The van der Waals surface area contributed by atoms with E-state index in [1.54, 1.807) is 18.2 Å². The lowest BCUT2D eigenvalue weighted by molar-refractivity contribution is 0.102. The fourth-order valence-corrected chi connectivity index (χ4v) is 2.08. The van der Waals surface area contributed by atoms with Crippen LogP contribution in [0.3, 0.4) is 0 Å². The minimum atomic E-state index is -0.220. The van der Waals surface area contributed by atoms with Gasteiger partial charge in [0.2, 0.25) is 0 Å². The highest BCUT2D eigenvalue weighted by molar-refractivity contribution is 6.42. The third-order valence-corrected chi connectivity index (χ3v) is 3.64. The Balaban J connectivity index is 2.03. The molecule has 2 rings (SSSR count). The molecule has 0 saturated heterocycles. The molecule has 0 spiro atoms. The van der Waals surface area contributed by atoms with E-state index < -0.39 is 0 Å². The number of halogens is 2. The van der Waals surface area contributed by atoms with Crippen molar-refractivity contribution in [2.45, 2.75) is 13.3 Å². The molecule has 0 bridgehead atoms. The van der Waals surface area contributed by atoms with Crippen LogP contribution in [-0.2, 0) is 0 Å². The van der Waals surface area contributed by atoms with Crippen molar-refractivity contribution in [1.29, 1.82) is 0 Å². The summed E-state index contributed by atoms with van der Waals surface area (Å²) in [6.45, 7) is 3.04. The van der Waals surface area contributed by atoms with Crippen molar-refractivity contribution in [3.05, 3.63) is 58.1 Å². The van der Waals surface area contributed by atoms with Gasteiger partial charge in [-0.1, -0.05) is 30.1 Å². The van der Waals surface area contributed by atoms with Crippen molar-refractivity contribution in [3.8, 4) is 0 Å². The van der Waals surface area contributed by atoms with Crippen LogP contribution in [0.15, 0.2) is 42.5 Å². The van der Waals surface area contributed by atoms with Crippen LogP contribution in [0.1, 0.15) is 23.7 Å². The van der Waals surface area contributed by atoms with E-state index in [2.05, 4.69) is 17.6 Å². The summed E-state index contributed by atoms with van der Waals surface area (Å²) in [6, 6.07) is 12.4. The lowest BCUT2D eigenvalue weighted by Crippen LogP contribution is -2.11. The number of nitrogens with one attached hydrogen (secondary N) is 2. The summed E-state index contributed by atoms with van der Waals surface area (Å²) in [5, 5.41) is 6.89. The zero-order valence-electron chi connectivity index (χ0n) is 11.6. The minimum absolute atomic E-state index is 0.220. The summed E-state index contributed by atoms with van der Waals surface area (Å²) in [7, 11) is 0. The molecule has 3 nitrogen and oxygen atoms in total. The molecule has 0 heterocycles. The molecule has 0 atom stereocenters. The Morgan fingerprint density at radius 3 is 2.29 bits per heavy atom. The molecule has 1 amide bonds. The van der Waals surface area contributed by atoms with Crippen LogP contribution in [-0.4, -0.2) is 12.5 Å². The monoisotopic (exact) mass is 322 g/mol. The third-order valence-electron chi connectivity index (χ3n) is 2.90. The van der Waals surface area contributed by atoms with Gasteiger partial charge in [0.05, 0.1) is 10.0 Å². The molecule has 0 aliphatic carbocycles. The van der Waals surface area contributed by atoms with Gasteiger partial charge in [0, 0.05) is 23.5 Å². The predicted molar refractivity (Wildman–Crippen MR) is 89.6 cm³/mol. The second-order valence-corrected chi connectivity index (χ2v) is 5.40. The normalized spacial score (nSPS) is 10.2. The van der Waals surface area contributed by atoms with Gasteiger partial charge >= 0.3 is 0 Å². The smallest absolute Gasteiger partial charge is 0.255 e. The maximum absolute atomic E-state index is 12.1. The van der Waals surface area contributed by atoms with Gasteiger partial charge in [0.25, 0.3) is 5.91 Å². The first-order valence-corrected chi connectivity index (χ1v) is 7.46. The molecule has 2 aromatic carbocycles. The van der Waals surface area contributed by atoms with Gasteiger partial charge in [-0.15, -0.1) is 0 Å². The molecule has 21 heavy (non-hydrogen) atoms. The first kappa shape index (κ1) is 15.7. The molecule has 0 fully saturated rings. The maximum Gasteiger partial charge on any atom is 0.255 e. The zero-order valence-corrected chi connectivity index (χ0v) is 13.1. The molecular formula is C16H16Cl2N2O. The number of anilines is 2. The Bertz CT molecular complexity index is 627. The van der Waals surface area contributed by atoms with Gasteiger partial charge < -0.3 is 10.6 Å². The van der Waals surface area contributed by atoms with Crippen LogP contribution in [0.4, 0.5) is 11.4 Å². The number of amides is 1. The van der Waals surface area contributed by atoms with Gasteiger partial charge in [-0.05, 0) is 48.9 Å². The van der Waals surface area contributed by atoms with E-state index in [9.17, 15) is 4.79 Å². The van der Waals surface area contributed by atoms with Gasteiger partial charge in [-0.3, -0.25) is 4.79 Å². The number of carbonyl (C=O) groups is 1. The zero-order chi connectivity index (χ0) is 15.2. The Hall–Kier alpha value is -1.71. The van der Waals surface area contributed by atoms with Crippen molar-refractivity contribution in [3.63, 3.8) is 0 Å². The summed E-state index contributed by atoms with van der Waals surface area (Å²) in [4.78, 5) is 12.1. The van der Waals surface area contributed by atoms with Crippen molar-refractivity contribution in [2.75, 3.05) is 17.2 Å². The van der Waals surface area contributed by atoms with Crippen molar-refractivity contribution in [2.24, 2.45) is 0 Å². The van der Waals surface area contributed by atoms with Crippen LogP contribution in [0.25, 0.3) is 0 Å². The van der Waals surface area contributed by atoms with E-state index in [-0.39, 0.29) is 5.91 Å². The summed E-state index contributed by atoms with van der Waals surface area (Å²) in [6.07, 6.45) is 1.07. The first-order chi connectivity index (χ1) is 10.1. The number of hydrogen-bond donors (Lipinski definition) is 2. The molecule has 0 saturated carbocycles. The highest BCUT2D eigenvalue weighted by Gasteiger charge is 2.08. The highest BCUT2D eigenvalue weighted by atomic mass is 35.5. The molecular weight excluding hydrogens is 307 g/mol. The number of hydrogen-bond acceptors (Lipinski definition) is 2. The van der Waals surface area contributed by atoms with E-state index in [1.165, 1.54) is 0 Å². The first-order valence-electron chi connectivity index (χ1n) is 6.70. The quantitative estimate of drug-likeness (QED) is 0.807. The van der Waals surface area contributed by atoms with Crippen LogP contribution < -0.4 is 10.6 Å². The average molecular weight is 323 g/mol. The topological polar surface area (TPSA) is 41.1 Å². The van der Waals surface area contributed by atoms with Crippen LogP contribution >= 0.6 is 23.2 Å². The maximum atomic E-state index is 12.1. The second-order valence-electron chi connectivity index (χ2n) is 4.59. The lowest BCUT2D eigenvalue weighted by Gasteiger charge is -2.08. The number of benzene rings is 2. The van der Waals surface area contributed by atoms with E-state index in [4.69, 9.17) is 23.2 Å². The molecule has 5 heteroatoms. The van der Waals surface area contributed by atoms with Gasteiger partial charge in [0.15, 0.2) is 0 Å². The molecule has 110 valence electrons. The average Bonchev–Trinajstić information content (AvgIpc) is 2.49.